The maximum atomic E-state index is 13.0. The van der Waals surface area contributed by atoms with E-state index < -0.39 is 17.7 Å². The Kier molecular flexibility index (Phi) is 7.04. The molecule has 0 saturated heterocycles. The summed E-state index contributed by atoms with van der Waals surface area (Å²) in [5.74, 6) is -0.440. The highest BCUT2D eigenvalue weighted by molar-refractivity contribution is 8.00. The molecule has 7 heteroatoms. The number of thioether (sulfide) groups is 1. The quantitative estimate of drug-likeness (QED) is 0.616. The first-order valence-corrected chi connectivity index (χ1v) is 7.56. The highest BCUT2D eigenvalue weighted by Gasteiger charge is 2.33. The number of hydrogen-bond acceptors (Lipinski definition) is 4. The van der Waals surface area contributed by atoms with E-state index >= 15 is 0 Å². The molecule has 1 aromatic rings. The zero-order valence-electron chi connectivity index (χ0n) is 11.9. The second kappa shape index (κ2) is 8.29. The van der Waals surface area contributed by atoms with Crippen LogP contribution in [0.3, 0.4) is 0 Å². The van der Waals surface area contributed by atoms with Crippen molar-refractivity contribution in [2.24, 2.45) is 0 Å². The standard InChI is InChI=1S/C14H18F3NO2S/c1-3-18-8-10-5-6-11(7-12(10)14(15,16)17)21-9-13(19)20-4-2/h5-7,18H,3-4,8-9H2,1-2H3. The predicted molar refractivity (Wildman–Crippen MR) is 76.2 cm³/mol. The first-order valence-electron chi connectivity index (χ1n) is 6.57. The number of hydrogen-bond donors (Lipinski definition) is 1. The first kappa shape index (κ1) is 17.8. The topological polar surface area (TPSA) is 38.3 Å². The number of ether oxygens (including phenoxy) is 1. The smallest absolute Gasteiger partial charge is 0.416 e. The van der Waals surface area contributed by atoms with Gasteiger partial charge in [-0.25, -0.2) is 0 Å². The van der Waals surface area contributed by atoms with Gasteiger partial charge < -0.3 is 10.1 Å². The Morgan fingerprint density at radius 2 is 2.05 bits per heavy atom. The van der Waals surface area contributed by atoms with Gasteiger partial charge in [-0.1, -0.05) is 13.0 Å². The van der Waals surface area contributed by atoms with Crippen molar-refractivity contribution in [3.63, 3.8) is 0 Å². The molecule has 1 aromatic carbocycles. The van der Waals surface area contributed by atoms with Crippen LogP contribution >= 0.6 is 11.8 Å². The average Bonchev–Trinajstić information content (AvgIpc) is 2.42. The van der Waals surface area contributed by atoms with Crippen molar-refractivity contribution in [1.82, 2.24) is 5.32 Å². The third-order valence-electron chi connectivity index (χ3n) is 2.61. The highest BCUT2D eigenvalue weighted by Crippen LogP contribution is 2.34. The Morgan fingerprint density at radius 1 is 1.33 bits per heavy atom. The van der Waals surface area contributed by atoms with Crippen molar-refractivity contribution >= 4 is 17.7 Å². The van der Waals surface area contributed by atoms with Crippen molar-refractivity contribution < 1.29 is 22.7 Å². The van der Waals surface area contributed by atoms with Crippen molar-refractivity contribution in [1.29, 1.82) is 0 Å². The number of nitrogens with one attached hydrogen (secondary N) is 1. The summed E-state index contributed by atoms with van der Waals surface area (Å²) in [5.41, 5.74) is -0.470. The van der Waals surface area contributed by atoms with Gasteiger partial charge in [0.15, 0.2) is 0 Å². The molecule has 21 heavy (non-hydrogen) atoms. The lowest BCUT2D eigenvalue weighted by Crippen LogP contribution is -2.17. The molecule has 0 aliphatic rings. The van der Waals surface area contributed by atoms with Crippen LogP contribution in [0.25, 0.3) is 0 Å². The number of rotatable bonds is 7. The van der Waals surface area contributed by atoms with Crippen molar-refractivity contribution in [2.45, 2.75) is 31.5 Å². The molecule has 3 nitrogen and oxygen atoms in total. The SMILES string of the molecule is CCNCc1ccc(SCC(=O)OCC)cc1C(F)(F)F. The van der Waals surface area contributed by atoms with Crippen LogP contribution in [0.2, 0.25) is 0 Å². The molecule has 0 spiro atoms. The van der Waals surface area contributed by atoms with Gasteiger partial charge >= 0.3 is 12.1 Å². The summed E-state index contributed by atoms with van der Waals surface area (Å²) < 4.78 is 43.9. The summed E-state index contributed by atoms with van der Waals surface area (Å²) in [4.78, 5) is 11.6. The fourth-order valence-electron chi connectivity index (χ4n) is 1.67. The van der Waals surface area contributed by atoms with E-state index in [1.54, 1.807) is 13.0 Å². The van der Waals surface area contributed by atoms with Gasteiger partial charge in [0, 0.05) is 11.4 Å². The maximum Gasteiger partial charge on any atom is 0.416 e. The molecule has 0 aliphatic heterocycles. The van der Waals surface area contributed by atoms with Gasteiger partial charge in [0.05, 0.1) is 17.9 Å². The summed E-state index contributed by atoms with van der Waals surface area (Å²) in [6.07, 6.45) is -4.41. The molecule has 0 fully saturated rings. The summed E-state index contributed by atoms with van der Waals surface area (Å²) in [6, 6.07) is 4.11. The lowest BCUT2D eigenvalue weighted by molar-refractivity contribution is -0.140. The minimum absolute atomic E-state index is 0.00229. The van der Waals surface area contributed by atoms with Crippen LogP contribution < -0.4 is 5.32 Å². The largest absolute Gasteiger partial charge is 0.465 e. The van der Waals surface area contributed by atoms with Crippen LogP contribution in [-0.4, -0.2) is 24.9 Å². The Morgan fingerprint density at radius 3 is 2.62 bits per heavy atom. The summed E-state index contributed by atoms with van der Waals surface area (Å²) >= 11 is 1.04. The Bertz CT molecular complexity index is 478. The number of halogens is 3. The molecule has 0 atom stereocenters. The first-order chi connectivity index (χ1) is 9.88. The zero-order valence-corrected chi connectivity index (χ0v) is 12.7. The summed E-state index contributed by atoms with van der Waals surface area (Å²) in [7, 11) is 0. The van der Waals surface area contributed by atoms with Gasteiger partial charge in [-0.05, 0) is 31.2 Å². The van der Waals surface area contributed by atoms with E-state index in [0.717, 1.165) is 17.8 Å². The minimum Gasteiger partial charge on any atom is -0.465 e. The van der Waals surface area contributed by atoms with E-state index in [2.05, 4.69) is 5.32 Å². The van der Waals surface area contributed by atoms with Crippen LogP contribution in [-0.2, 0) is 22.3 Å². The predicted octanol–water partition coefficient (Wildman–Crippen LogP) is 3.47. The highest BCUT2D eigenvalue weighted by atomic mass is 32.2. The lowest BCUT2D eigenvalue weighted by atomic mass is 10.1. The molecule has 0 saturated carbocycles. The number of esters is 1. The minimum atomic E-state index is -4.41. The van der Waals surface area contributed by atoms with Crippen LogP contribution in [0.1, 0.15) is 25.0 Å². The van der Waals surface area contributed by atoms with Gasteiger partial charge in [-0.15, -0.1) is 11.8 Å². The van der Waals surface area contributed by atoms with E-state index in [1.807, 2.05) is 6.92 Å². The third-order valence-corrected chi connectivity index (χ3v) is 3.58. The molecule has 0 amide bonds. The molecule has 1 N–H and O–H groups in total. The van der Waals surface area contributed by atoms with Crippen molar-refractivity contribution in [3.05, 3.63) is 29.3 Å². The van der Waals surface area contributed by atoms with E-state index in [4.69, 9.17) is 4.74 Å². The van der Waals surface area contributed by atoms with Gasteiger partial charge in [0.2, 0.25) is 0 Å². The van der Waals surface area contributed by atoms with E-state index in [9.17, 15) is 18.0 Å². The Labute approximate surface area is 126 Å². The molecular weight excluding hydrogens is 303 g/mol. The molecule has 118 valence electrons. The zero-order chi connectivity index (χ0) is 15.9. The number of alkyl halides is 3. The lowest BCUT2D eigenvalue weighted by Gasteiger charge is -2.14. The molecule has 0 radical (unpaired) electrons. The second-order valence-corrected chi connectivity index (χ2v) is 5.24. The van der Waals surface area contributed by atoms with E-state index in [0.29, 0.717) is 11.4 Å². The average molecular weight is 321 g/mol. The molecular formula is C14H18F3NO2S. The molecule has 0 heterocycles. The van der Waals surface area contributed by atoms with Crippen LogP contribution in [0, 0.1) is 0 Å². The van der Waals surface area contributed by atoms with Gasteiger partial charge in [0.1, 0.15) is 0 Å². The molecule has 0 aliphatic carbocycles. The fourth-order valence-corrected chi connectivity index (χ4v) is 2.40. The van der Waals surface area contributed by atoms with Gasteiger partial charge in [-0.2, -0.15) is 13.2 Å². The van der Waals surface area contributed by atoms with Crippen molar-refractivity contribution in [3.8, 4) is 0 Å². The van der Waals surface area contributed by atoms with Gasteiger partial charge in [-0.3, -0.25) is 4.79 Å². The number of carbonyl (C=O) groups is 1. The van der Waals surface area contributed by atoms with E-state index in [1.165, 1.54) is 6.07 Å². The van der Waals surface area contributed by atoms with Gasteiger partial charge in [0.25, 0.3) is 0 Å². The Balaban J connectivity index is 2.86. The normalized spacial score (nSPS) is 11.5. The third kappa shape index (κ3) is 5.97. The molecule has 0 unspecified atom stereocenters. The molecule has 1 rings (SSSR count). The van der Waals surface area contributed by atoms with Crippen LogP contribution in [0.5, 0.6) is 0 Å². The molecule has 0 bridgehead atoms. The monoisotopic (exact) mass is 321 g/mol. The molecule has 0 aromatic heterocycles. The second-order valence-electron chi connectivity index (χ2n) is 4.19. The van der Waals surface area contributed by atoms with Crippen LogP contribution in [0.15, 0.2) is 23.1 Å². The summed E-state index contributed by atoms with van der Waals surface area (Å²) in [5, 5.41) is 2.88. The number of benzene rings is 1. The maximum absolute atomic E-state index is 13.0. The Hall–Kier alpha value is -1.21. The van der Waals surface area contributed by atoms with Crippen molar-refractivity contribution in [2.75, 3.05) is 18.9 Å². The number of carbonyl (C=O) groups excluding carboxylic acids is 1. The summed E-state index contributed by atoms with van der Waals surface area (Å²) in [6.45, 7) is 4.52. The van der Waals surface area contributed by atoms with E-state index in [-0.39, 0.29) is 24.5 Å². The van der Waals surface area contributed by atoms with Crippen LogP contribution in [0.4, 0.5) is 13.2 Å². The fraction of sp³-hybridized carbons (Fsp3) is 0.500.